The first-order valence-electron chi connectivity index (χ1n) is 5.85. The van der Waals surface area contributed by atoms with Crippen molar-refractivity contribution in [3.63, 3.8) is 0 Å². The monoisotopic (exact) mass is 249 g/mol. The van der Waals surface area contributed by atoms with Crippen LogP contribution in [0, 0.1) is 12.8 Å². The minimum Gasteiger partial charge on any atom is -0.326 e. The summed E-state index contributed by atoms with van der Waals surface area (Å²) in [6.07, 6.45) is 0. The number of hydrogen-bond donors (Lipinski definition) is 3. The molecule has 2 amide bonds. The van der Waals surface area contributed by atoms with Crippen LogP contribution in [0.4, 0.5) is 11.4 Å². The second-order valence-corrected chi connectivity index (χ2v) is 4.43. The van der Waals surface area contributed by atoms with Gasteiger partial charge in [0.25, 0.3) is 0 Å². The van der Waals surface area contributed by atoms with Crippen LogP contribution in [0.3, 0.4) is 0 Å². The van der Waals surface area contributed by atoms with E-state index in [2.05, 4.69) is 10.6 Å². The van der Waals surface area contributed by atoms with Gasteiger partial charge in [0.15, 0.2) is 0 Å². The van der Waals surface area contributed by atoms with Crippen molar-refractivity contribution < 1.29 is 9.59 Å². The van der Waals surface area contributed by atoms with Crippen molar-refractivity contribution in [2.45, 2.75) is 20.8 Å². The molecule has 0 aliphatic heterocycles. The Bertz CT molecular complexity index is 456. The summed E-state index contributed by atoms with van der Waals surface area (Å²) in [5.74, 6) is -0.409. The summed E-state index contributed by atoms with van der Waals surface area (Å²) in [5.41, 5.74) is 7.48. The second-order valence-electron chi connectivity index (χ2n) is 4.43. The maximum Gasteiger partial charge on any atom is 0.238 e. The summed E-state index contributed by atoms with van der Waals surface area (Å²) >= 11 is 0. The number of rotatable bonds is 4. The van der Waals surface area contributed by atoms with Gasteiger partial charge in [-0.05, 0) is 24.6 Å². The summed E-state index contributed by atoms with van der Waals surface area (Å²) in [6, 6.07) is 5.36. The number of benzene rings is 1. The summed E-state index contributed by atoms with van der Waals surface area (Å²) in [4.78, 5) is 22.8. The maximum atomic E-state index is 11.6. The highest BCUT2D eigenvalue weighted by Gasteiger charge is 2.09. The molecule has 0 bridgehead atoms. The highest BCUT2D eigenvalue weighted by molar-refractivity contribution is 5.95. The molecule has 0 unspecified atom stereocenters. The van der Waals surface area contributed by atoms with Gasteiger partial charge in [-0.25, -0.2) is 0 Å². The van der Waals surface area contributed by atoms with E-state index in [0.717, 1.165) is 5.56 Å². The van der Waals surface area contributed by atoms with E-state index in [4.69, 9.17) is 5.73 Å². The van der Waals surface area contributed by atoms with Crippen LogP contribution in [-0.2, 0) is 9.59 Å². The normalized spacial score (nSPS) is 10.3. The van der Waals surface area contributed by atoms with Crippen molar-refractivity contribution in [3.05, 3.63) is 23.8 Å². The lowest BCUT2D eigenvalue weighted by Crippen LogP contribution is -2.22. The van der Waals surface area contributed by atoms with Gasteiger partial charge in [0, 0.05) is 17.3 Å². The van der Waals surface area contributed by atoms with Crippen molar-refractivity contribution in [2.75, 3.05) is 17.2 Å². The van der Waals surface area contributed by atoms with E-state index in [9.17, 15) is 9.59 Å². The minimum atomic E-state index is -0.259. The molecule has 4 N–H and O–H groups in total. The van der Waals surface area contributed by atoms with Crippen molar-refractivity contribution in [2.24, 2.45) is 11.7 Å². The van der Waals surface area contributed by atoms with Crippen molar-refractivity contribution in [1.82, 2.24) is 0 Å². The SMILES string of the molecule is Cc1ccc(NC(=O)C(C)C)cc1NC(=O)CN. The standard InChI is InChI=1S/C13H19N3O2/c1-8(2)13(18)15-10-5-4-9(3)11(6-10)16-12(17)7-14/h4-6,8H,7,14H2,1-3H3,(H,15,18)(H,16,17). The van der Waals surface area contributed by atoms with Gasteiger partial charge in [-0.15, -0.1) is 0 Å². The highest BCUT2D eigenvalue weighted by Crippen LogP contribution is 2.20. The van der Waals surface area contributed by atoms with E-state index in [0.29, 0.717) is 11.4 Å². The number of anilines is 2. The molecular weight excluding hydrogens is 230 g/mol. The molecule has 1 aromatic rings. The molecule has 98 valence electrons. The van der Waals surface area contributed by atoms with Crippen molar-refractivity contribution >= 4 is 23.2 Å². The quantitative estimate of drug-likeness (QED) is 0.755. The minimum absolute atomic E-state index is 0.0602. The van der Waals surface area contributed by atoms with E-state index in [-0.39, 0.29) is 24.3 Å². The Morgan fingerprint density at radius 1 is 1.28 bits per heavy atom. The molecule has 0 saturated heterocycles. The van der Waals surface area contributed by atoms with Gasteiger partial charge in [-0.3, -0.25) is 9.59 Å². The van der Waals surface area contributed by atoms with E-state index < -0.39 is 0 Å². The van der Waals surface area contributed by atoms with Crippen LogP contribution >= 0.6 is 0 Å². The molecule has 1 aromatic carbocycles. The zero-order chi connectivity index (χ0) is 13.7. The van der Waals surface area contributed by atoms with Crippen LogP contribution < -0.4 is 16.4 Å². The first-order chi connectivity index (χ1) is 8.43. The molecule has 0 saturated carbocycles. The molecule has 5 nitrogen and oxygen atoms in total. The number of hydrogen-bond acceptors (Lipinski definition) is 3. The Kier molecular flexibility index (Phi) is 4.85. The number of amides is 2. The predicted octanol–water partition coefficient (Wildman–Crippen LogP) is 1.49. The predicted molar refractivity (Wildman–Crippen MR) is 72.3 cm³/mol. The first kappa shape index (κ1) is 14.2. The number of nitrogens with one attached hydrogen (secondary N) is 2. The molecule has 1 rings (SSSR count). The Labute approximate surface area is 107 Å². The van der Waals surface area contributed by atoms with Gasteiger partial charge < -0.3 is 16.4 Å². The largest absolute Gasteiger partial charge is 0.326 e. The molecule has 0 aromatic heterocycles. The smallest absolute Gasteiger partial charge is 0.238 e. The summed E-state index contributed by atoms with van der Waals surface area (Å²) < 4.78 is 0. The Balaban J connectivity index is 2.86. The number of carbonyl (C=O) groups excluding carboxylic acids is 2. The van der Waals surface area contributed by atoms with Gasteiger partial charge in [0.2, 0.25) is 11.8 Å². The van der Waals surface area contributed by atoms with Gasteiger partial charge >= 0.3 is 0 Å². The fraction of sp³-hybridized carbons (Fsp3) is 0.385. The molecule has 0 spiro atoms. The lowest BCUT2D eigenvalue weighted by Gasteiger charge is -2.12. The maximum absolute atomic E-state index is 11.6. The molecule has 0 heterocycles. The van der Waals surface area contributed by atoms with Gasteiger partial charge in [-0.2, -0.15) is 0 Å². The third-order valence-electron chi connectivity index (χ3n) is 2.49. The van der Waals surface area contributed by atoms with Gasteiger partial charge in [0.05, 0.1) is 6.54 Å². The summed E-state index contributed by atoms with van der Waals surface area (Å²) in [6.45, 7) is 5.45. The zero-order valence-corrected chi connectivity index (χ0v) is 10.9. The topological polar surface area (TPSA) is 84.2 Å². The second kappa shape index (κ2) is 6.16. The fourth-order valence-electron chi connectivity index (χ4n) is 1.32. The van der Waals surface area contributed by atoms with Crippen LogP contribution in [0.15, 0.2) is 18.2 Å². The molecule has 18 heavy (non-hydrogen) atoms. The highest BCUT2D eigenvalue weighted by atomic mass is 16.2. The van der Waals surface area contributed by atoms with Crippen LogP contribution in [0.5, 0.6) is 0 Å². The molecule has 0 aliphatic carbocycles. The number of nitrogens with two attached hydrogens (primary N) is 1. The molecule has 0 atom stereocenters. The molecular formula is C13H19N3O2. The lowest BCUT2D eigenvalue weighted by atomic mass is 10.1. The third kappa shape index (κ3) is 3.85. The summed E-state index contributed by atoms with van der Waals surface area (Å²) in [7, 11) is 0. The molecule has 0 aliphatic rings. The lowest BCUT2D eigenvalue weighted by molar-refractivity contribution is -0.119. The van der Waals surface area contributed by atoms with E-state index >= 15 is 0 Å². The average Bonchev–Trinajstić information content (AvgIpc) is 2.33. The first-order valence-corrected chi connectivity index (χ1v) is 5.85. The van der Waals surface area contributed by atoms with E-state index in [1.807, 2.05) is 26.8 Å². The molecule has 0 radical (unpaired) electrons. The number of aryl methyl sites for hydroxylation is 1. The van der Waals surface area contributed by atoms with Crippen LogP contribution in [0.1, 0.15) is 19.4 Å². The fourth-order valence-corrected chi connectivity index (χ4v) is 1.32. The van der Waals surface area contributed by atoms with Crippen molar-refractivity contribution in [1.29, 1.82) is 0 Å². The zero-order valence-electron chi connectivity index (χ0n) is 10.9. The van der Waals surface area contributed by atoms with Gasteiger partial charge in [-0.1, -0.05) is 19.9 Å². The van der Waals surface area contributed by atoms with Crippen LogP contribution in [-0.4, -0.2) is 18.4 Å². The Morgan fingerprint density at radius 3 is 2.50 bits per heavy atom. The molecule has 5 heteroatoms. The molecule has 0 fully saturated rings. The van der Waals surface area contributed by atoms with Crippen molar-refractivity contribution in [3.8, 4) is 0 Å². The van der Waals surface area contributed by atoms with E-state index in [1.54, 1.807) is 12.1 Å². The Hall–Kier alpha value is -1.88. The average molecular weight is 249 g/mol. The Morgan fingerprint density at radius 2 is 1.94 bits per heavy atom. The summed E-state index contributed by atoms with van der Waals surface area (Å²) in [5, 5.41) is 5.47. The van der Waals surface area contributed by atoms with Crippen LogP contribution in [0.2, 0.25) is 0 Å². The van der Waals surface area contributed by atoms with E-state index in [1.165, 1.54) is 0 Å². The van der Waals surface area contributed by atoms with Crippen LogP contribution in [0.25, 0.3) is 0 Å². The van der Waals surface area contributed by atoms with Gasteiger partial charge in [0.1, 0.15) is 0 Å². The third-order valence-corrected chi connectivity index (χ3v) is 2.49. The number of carbonyl (C=O) groups is 2.